The largest absolute Gasteiger partial charge is 0.497 e. The van der Waals surface area contributed by atoms with Crippen molar-refractivity contribution >= 4 is 29.3 Å². The number of nitrogens with one attached hydrogen (secondary N) is 1. The summed E-state index contributed by atoms with van der Waals surface area (Å²) in [5.41, 5.74) is 0.731. The Balaban J connectivity index is 1.90. The summed E-state index contributed by atoms with van der Waals surface area (Å²) in [6.45, 7) is 5.52. The van der Waals surface area contributed by atoms with Crippen LogP contribution in [0.4, 0.5) is 0 Å². The number of ether oxygens (including phenoxy) is 1. The Hall–Kier alpha value is -3.02. The molecule has 0 saturated heterocycles. The van der Waals surface area contributed by atoms with Gasteiger partial charge in [0, 0.05) is 16.3 Å². The highest BCUT2D eigenvalue weighted by Gasteiger charge is 2.30. The molecule has 0 saturated carbocycles. The van der Waals surface area contributed by atoms with Crippen LogP contribution < -0.4 is 10.1 Å². The number of hydrogen-bond acceptors (Lipinski definition) is 6. The fourth-order valence-corrected chi connectivity index (χ4v) is 3.75. The molecule has 0 aliphatic heterocycles. The maximum atomic E-state index is 12.6. The van der Waals surface area contributed by atoms with Crippen LogP contribution in [0.5, 0.6) is 5.75 Å². The molecule has 0 fully saturated rings. The molecular weight excluding hydrogens is 446 g/mol. The molecule has 7 nitrogen and oxygen atoms in total. The standard InChI is InChI=1S/C23H24ClN5O2S/c1-15(2)23(3,14-25)26-20(30)13-32-22-28-27-21(16-5-11-19(31-4)12-6-16)29(22)18-9-7-17(24)8-10-18/h5-12,15H,13H2,1-4H3,(H,26,30). The van der Waals surface area contributed by atoms with Gasteiger partial charge in [0.25, 0.3) is 0 Å². The molecule has 166 valence electrons. The SMILES string of the molecule is COc1ccc(-c2nnc(SCC(=O)NC(C)(C#N)C(C)C)n2-c2ccc(Cl)cc2)cc1. The van der Waals surface area contributed by atoms with Gasteiger partial charge in [0.15, 0.2) is 11.0 Å². The Morgan fingerprint density at radius 3 is 2.44 bits per heavy atom. The Bertz CT molecular complexity index is 1120. The minimum atomic E-state index is -0.935. The van der Waals surface area contributed by atoms with Gasteiger partial charge >= 0.3 is 0 Å². The number of carbonyl (C=O) groups is 1. The van der Waals surface area contributed by atoms with Crippen molar-refractivity contribution in [3.05, 3.63) is 53.6 Å². The van der Waals surface area contributed by atoms with Crippen LogP contribution in [0.15, 0.2) is 53.7 Å². The monoisotopic (exact) mass is 469 g/mol. The first-order chi connectivity index (χ1) is 15.3. The van der Waals surface area contributed by atoms with Crippen molar-refractivity contribution < 1.29 is 9.53 Å². The summed E-state index contributed by atoms with van der Waals surface area (Å²) >= 11 is 7.32. The van der Waals surface area contributed by atoms with Crippen LogP contribution >= 0.6 is 23.4 Å². The second kappa shape index (κ2) is 10.1. The molecule has 1 aromatic heterocycles. The lowest BCUT2D eigenvalue weighted by atomic mass is 9.90. The minimum absolute atomic E-state index is 0.0270. The van der Waals surface area contributed by atoms with Crippen molar-refractivity contribution in [3.8, 4) is 28.9 Å². The van der Waals surface area contributed by atoms with E-state index in [1.165, 1.54) is 11.8 Å². The summed E-state index contributed by atoms with van der Waals surface area (Å²) in [5, 5.41) is 22.1. The predicted octanol–water partition coefficient (Wildman–Crippen LogP) is 4.74. The normalized spacial score (nSPS) is 12.8. The number of carbonyl (C=O) groups excluding carboxylic acids is 1. The van der Waals surface area contributed by atoms with Gasteiger partial charge in [-0.3, -0.25) is 9.36 Å². The van der Waals surface area contributed by atoms with E-state index in [0.29, 0.717) is 16.0 Å². The second-order valence-corrected chi connectivity index (χ2v) is 9.03. The molecular formula is C23H24ClN5O2S. The summed E-state index contributed by atoms with van der Waals surface area (Å²) in [6.07, 6.45) is 0. The highest BCUT2D eigenvalue weighted by atomic mass is 35.5. The molecule has 0 aliphatic carbocycles. The smallest absolute Gasteiger partial charge is 0.231 e. The fourth-order valence-electron chi connectivity index (χ4n) is 2.87. The molecule has 1 heterocycles. The van der Waals surface area contributed by atoms with E-state index >= 15 is 0 Å². The summed E-state index contributed by atoms with van der Waals surface area (Å²) in [5.74, 6) is 1.19. The predicted molar refractivity (Wildman–Crippen MR) is 126 cm³/mol. The lowest BCUT2D eigenvalue weighted by Gasteiger charge is -2.27. The summed E-state index contributed by atoms with van der Waals surface area (Å²) in [6, 6.07) is 17.0. The zero-order chi connectivity index (χ0) is 23.3. The summed E-state index contributed by atoms with van der Waals surface area (Å²) in [4.78, 5) is 12.6. The zero-order valence-electron chi connectivity index (χ0n) is 18.3. The van der Waals surface area contributed by atoms with Gasteiger partial charge in [0.1, 0.15) is 11.3 Å². The molecule has 9 heteroatoms. The average molecular weight is 470 g/mol. The Morgan fingerprint density at radius 1 is 1.22 bits per heavy atom. The van der Waals surface area contributed by atoms with Gasteiger partial charge in [-0.1, -0.05) is 37.2 Å². The zero-order valence-corrected chi connectivity index (χ0v) is 19.9. The quantitative estimate of drug-likeness (QED) is 0.479. The first-order valence-electron chi connectivity index (χ1n) is 9.98. The van der Waals surface area contributed by atoms with E-state index in [-0.39, 0.29) is 17.6 Å². The second-order valence-electron chi connectivity index (χ2n) is 7.65. The Labute approximate surface area is 196 Å². The number of rotatable bonds is 8. The van der Waals surface area contributed by atoms with E-state index in [1.54, 1.807) is 26.2 Å². The topological polar surface area (TPSA) is 92.8 Å². The maximum Gasteiger partial charge on any atom is 0.231 e. The van der Waals surface area contributed by atoms with Crippen molar-refractivity contribution in [2.75, 3.05) is 12.9 Å². The number of thioether (sulfide) groups is 1. The Kier molecular flexibility index (Phi) is 7.44. The van der Waals surface area contributed by atoms with E-state index in [1.807, 2.05) is 54.8 Å². The van der Waals surface area contributed by atoms with Crippen molar-refractivity contribution in [3.63, 3.8) is 0 Å². The molecule has 1 unspecified atom stereocenters. The molecule has 1 atom stereocenters. The lowest BCUT2D eigenvalue weighted by molar-refractivity contribution is -0.120. The number of hydrogen-bond donors (Lipinski definition) is 1. The molecule has 3 aromatic rings. The van der Waals surface area contributed by atoms with E-state index in [0.717, 1.165) is 17.0 Å². The molecule has 32 heavy (non-hydrogen) atoms. The summed E-state index contributed by atoms with van der Waals surface area (Å²) in [7, 11) is 1.61. The Morgan fingerprint density at radius 2 is 1.88 bits per heavy atom. The molecule has 3 rings (SSSR count). The van der Waals surface area contributed by atoms with Crippen LogP contribution in [0.1, 0.15) is 20.8 Å². The number of halogens is 1. The molecule has 1 N–H and O–H groups in total. The third-order valence-corrected chi connectivity index (χ3v) is 6.37. The van der Waals surface area contributed by atoms with Gasteiger partial charge in [0.2, 0.25) is 5.91 Å². The van der Waals surface area contributed by atoms with Crippen molar-refractivity contribution in [2.24, 2.45) is 5.92 Å². The number of aromatic nitrogens is 3. The molecule has 1 amide bonds. The van der Waals surface area contributed by atoms with Crippen LogP contribution in [-0.4, -0.2) is 39.1 Å². The van der Waals surface area contributed by atoms with Crippen molar-refractivity contribution in [1.82, 2.24) is 20.1 Å². The fraction of sp³-hybridized carbons (Fsp3) is 0.304. The lowest BCUT2D eigenvalue weighted by Crippen LogP contribution is -2.49. The maximum absolute atomic E-state index is 12.6. The number of nitrogens with zero attached hydrogens (tertiary/aromatic N) is 4. The van der Waals surface area contributed by atoms with Gasteiger partial charge in [-0.05, 0) is 61.4 Å². The first kappa shape index (κ1) is 23.6. The number of nitriles is 1. The van der Waals surface area contributed by atoms with E-state index in [2.05, 4.69) is 21.6 Å². The van der Waals surface area contributed by atoms with Crippen LogP contribution in [-0.2, 0) is 4.79 Å². The number of amides is 1. The first-order valence-corrected chi connectivity index (χ1v) is 11.3. The van der Waals surface area contributed by atoms with Crippen LogP contribution in [0.25, 0.3) is 17.1 Å². The number of methoxy groups -OCH3 is 1. The summed E-state index contributed by atoms with van der Waals surface area (Å²) < 4.78 is 7.12. The molecule has 0 aliphatic rings. The molecule has 0 spiro atoms. The highest BCUT2D eigenvalue weighted by molar-refractivity contribution is 7.99. The van der Waals surface area contributed by atoms with E-state index in [4.69, 9.17) is 16.3 Å². The van der Waals surface area contributed by atoms with Gasteiger partial charge in [0.05, 0.1) is 18.9 Å². The van der Waals surface area contributed by atoms with Crippen molar-refractivity contribution in [2.45, 2.75) is 31.5 Å². The van der Waals surface area contributed by atoms with Crippen LogP contribution in [0, 0.1) is 17.2 Å². The average Bonchev–Trinajstić information content (AvgIpc) is 3.22. The van der Waals surface area contributed by atoms with Crippen LogP contribution in [0.2, 0.25) is 5.02 Å². The van der Waals surface area contributed by atoms with Gasteiger partial charge < -0.3 is 10.1 Å². The van der Waals surface area contributed by atoms with Gasteiger partial charge in [-0.2, -0.15) is 5.26 Å². The minimum Gasteiger partial charge on any atom is -0.497 e. The third kappa shape index (κ3) is 5.23. The molecule has 2 aromatic carbocycles. The van der Waals surface area contributed by atoms with E-state index < -0.39 is 5.54 Å². The molecule has 0 bridgehead atoms. The number of benzene rings is 2. The third-order valence-electron chi connectivity index (χ3n) is 5.18. The van der Waals surface area contributed by atoms with Crippen molar-refractivity contribution in [1.29, 1.82) is 5.26 Å². The molecule has 0 radical (unpaired) electrons. The van der Waals surface area contributed by atoms with E-state index in [9.17, 15) is 10.1 Å². The van der Waals surface area contributed by atoms with Gasteiger partial charge in [-0.25, -0.2) is 0 Å². The highest BCUT2D eigenvalue weighted by Crippen LogP contribution is 2.29. The van der Waals surface area contributed by atoms with Crippen LogP contribution in [0.3, 0.4) is 0 Å². The van der Waals surface area contributed by atoms with Gasteiger partial charge in [-0.15, -0.1) is 10.2 Å².